The number of hydrogen-bond acceptors (Lipinski definition) is 5. The van der Waals surface area contributed by atoms with E-state index in [1.165, 1.54) is 7.11 Å². The van der Waals surface area contributed by atoms with E-state index in [1.807, 2.05) is 0 Å². The van der Waals surface area contributed by atoms with Gasteiger partial charge in [-0.25, -0.2) is 0 Å². The number of nitrogens with zero attached hydrogens (tertiary/aromatic N) is 1. The Balaban J connectivity index is 2.94. The minimum Gasteiger partial charge on any atom is -0.495 e. The van der Waals surface area contributed by atoms with Gasteiger partial charge in [0.25, 0.3) is 5.91 Å². The molecule has 0 radical (unpaired) electrons. The quantitative estimate of drug-likeness (QED) is 0.743. The molecule has 1 aromatic rings. The van der Waals surface area contributed by atoms with Crippen LogP contribution in [0.2, 0.25) is 0 Å². The first-order chi connectivity index (χ1) is 8.45. The third-order valence-corrected chi connectivity index (χ3v) is 2.89. The molecule has 0 saturated heterocycles. The third kappa shape index (κ3) is 3.45. The van der Waals surface area contributed by atoms with E-state index in [9.17, 15) is 14.4 Å². The molecule has 98 valence electrons. The van der Waals surface area contributed by atoms with E-state index in [-0.39, 0.29) is 4.88 Å². The molecule has 0 aliphatic carbocycles. The molecule has 0 aliphatic heterocycles. The maximum Gasteiger partial charge on any atom is 0.323 e. The molecular weight excluding hydrogens is 260 g/mol. The van der Waals surface area contributed by atoms with Gasteiger partial charge in [-0.1, -0.05) is 0 Å². The molecule has 0 unspecified atom stereocenters. The second-order valence-corrected chi connectivity index (χ2v) is 4.26. The summed E-state index contributed by atoms with van der Waals surface area (Å²) in [6, 6.07) is 1.58. The molecule has 7 nitrogen and oxygen atoms in total. The molecule has 0 spiro atoms. The average molecular weight is 272 g/mol. The van der Waals surface area contributed by atoms with E-state index in [1.54, 1.807) is 11.4 Å². The van der Waals surface area contributed by atoms with E-state index >= 15 is 0 Å². The third-order valence-electron chi connectivity index (χ3n) is 2.00. The van der Waals surface area contributed by atoms with Gasteiger partial charge in [0.2, 0.25) is 5.91 Å². The predicted octanol–water partition coefficient (Wildman–Crippen LogP) is -0.231. The summed E-state index contributed by atoms with van der Waals surface area (Å²) in [5.74, 6) is -2.26. The molecule has 2 amide bonds. The summed E-state index contributed by atoms with van der Waals surface area (Å²) in [5.41, 5.74) is 4.98. The van der Waals surface area contributed by atoms with Crippen LogP contribution in [-0.4, -0.2) is 48.0 Å². The normalized spacial score (nSPS) is 9.83. The van der Waals surface area contributed by atoms with Crippen LogP contribution >= 0.6 is 11.3 Å². The Labute approximate surface area is 107 Å². The smallest absolute Gasteiger partial charge is 0.323 e. The highest BCUT2D eigenvalue weighted by Crippen LogP contribution is 2.25. The Morgan fingerprint density at radius 1 is 1.44 bits per heavy atom. The lowest BCUT2D eigenvalue weighted by molar-refractivity contribution is -0.138. The van der Waals surface area contributed by atoms with Gasteiger partial charge >= 0.3 is 5.97 Å². The molecule has 0 atom stereocenters. The van der Waals surface area contributed by atoms with Crippen molar-refractivity contribution in [3.05, 3.63) is 16.3 Å². The highest BCUT2D eigenvalue weighted by atomic mass is 32.1. The first-order valence-electron chi connectivity index (χ1n) is 4.86. The fourth-order valence-electron chi connectivity index (χ4n) is 1.31. The molecular formula is C10H12N2O5S. The molecule has 0 saturated carbocycles. The number of primary amides is 1. The van der Waals surface area contributed by atoms with Crippen LogP contribution in [0, 0.1) is 0 Å². The van der Waals surface area contributed by atoms with Crippen LogP contribution in [0.25, 0.3) is 0 Å². The van der Waals surface area contributed by atoms with Crippen LogP contribution < -0.4 is 10.5 Å². The van der Waals surface area contributed by atoms with Gasteiger partial charge in [0.15, 0.2) is 0 Å². The van der Waals surface area contributed by atoms with Gasteiger partial charge in [-0.05, 0) is 11.4 Å². The van der Waals surface area contributed by atoms with Crippen molar-refractivity contribution in [2.45, 2.75) is 0 Å². The van der Waals surface area contributed by atoms with Crippen molar-refractivity contribution in [2.24, 2.45) is 5.73 Å². The molecule has 0 aromatic carbocycles. The summed E-state index contributed by atoms with van der Waals surface area (Å²) in [6.07, 6.45) is 0. The largest absolute Gasteiger partial charge is 0.495 e. The van der Waals surface area contributed by atoms with Gasteiger partial charge in [-0.2, -0.15) is 0 Å². The van der Waals surface area contributed by atoms with Crippen LogP contribution in [-0.2, 0) is 9.59 Å². The fourth-order valence-corrected chi connectivity index (χ4v) is 2.13. The highest BCUT2D eigenvalue weighted by molar-refractivity contribution is 7.12. The van der Waals surface area contributed by atoms with Gasteiger partial charge in [-0.3, -0.25) is 14.4 Å². The van der Waals surface area contributed by atoms with Crippen molar-refractivity contribution >= 4 is 29.1 Å². The number of hydrogen-bond donors (Lipinski definition) is 2. The molecule has 1 heterocycles. The van der Waals surface area contributed by atoms with Crippen molar-refractivity contribution in [1.82, 2.24) is 4.90 Å². The topological polar surface area (TPSA) is 110 Å². The zero-order valence-corrected chi connectivity index (χ0v) is 10.4. The summed E-state index contributed by atoms with van der Waals surface area (Å²) in [7, 11) is 1.40. The first-order valence-corrected chi connectivity index (χ1v) is 5.74. The summed E-state index contributed by atoms with van der Waals surface area (Å²) in [6.45, 7) is -1.05. The van der Waals surface area contributed by atoms with Crippen LogP contribution in [0.5, 0.6) is 5.75 Å². The second-order valence-electron chi connectivity index (χ2n) is 3.34. The molecule has 1 aromatic heterocycles. The summed E-state index contributed by atoms with van der Waals surface area (Å²) < 4.78 is 4.97. The van der Waals surface area contributed by atoms with E-state index in [0.29, 0.717) is 5.75 Å². The van der Waals surface area contributed by atoms with Crippen molar-refractivity contribution in [2.75, 3.05) is 20.2 Å². The number of carboxylic acid groups (broad SMARTS) is 1. The molecule has 0 bridgehead atoms. The maximum absolute atomic E-state index is 12.0. The number of carbonyl (C=O) groups excluding carboxylic acids is 2. The van der Waals surface area contributed by atoms with Crippen molar-refractivity contribution in [3.63, 3.8) is 0 Å². The Morgan fingerprint density at radius 2 is 2.11 bits per heavy atom. The first kappa shape index (κ1) is 14.0. The lowest BCUT2D eigenvalue weighted by Crippen LogP contribution is -2.41. The number of ether oxygens (including phenoxy) is 1. The molecule has 18 heavy (non-hydrogen) atoms. The van der Waals surface area contributed by atoms with Crippen molar-refractivity contribution in [1.29, 1.82) is 0 Å². The van der Waals surface area contributed by atoms with Gasteiger partial charge in [0.1, 0.15) is 23.7 Å². The van der Waals surface area contributed by atoms with E-state index in [4.69, 9.17) is 15.6 Å². The second kappa shape index (κ2) is 6.01. The van der Waals surface area contributed by atoms with Gasteiger partial charge in [0, 0.05) is 0 Å². The molecule has 1 rings (SSSR count). The number of nitrogens with two attached hydrogens (primary N) is 1. The average Bonchev–Trinajstić information content (AvgIpc) is 2.73. The number of amides is 2. The molecule has 0 aliphatic rings. The standard InChI is InChI=1S/C10H12N2O5S/c1-17-6-2-3-18-9(6)10(16)12(4-7(11)13)5-8(14)15/h2-3H,4-5H2,1H3,(H2,11,13)(H,14,15). The van der Waals surface area contributed by atoms with Crippen LogP contribution in [0.1, 0.15) is 9.67 Å². The van der Waals surface area contributed by atoms with Gasteiger partial charge < -0.3 is 20.5 Å². The number of thiophene rings is 1. The number of carbonyl (C=O) groups is 3. The Kier molecular flexibility index (Phi) is 4.67. The number of carboxylic acids is 1. The molecule has 3 N–H and O–H groups in total. The zero-order chi connectivity index (χ0) is 13.7. The lowest BCUT2D eigenvalue weighted by atomic mass is 10.3. The molecule has 0 fully saturated rings. The fraction of sp³-hybridized carbons (Fsp3) is 0.300. The zero-order valence-electron chi connectivity index (χ0n) is 9.58. The highest BCUT2D eigenvalue weighted by Gasteiger charge is 2.24. The van der Waals surface area contributed by atoms with E-state index < -0.39 is 30.9 Å². The van der Waals surface area contributed by atoms with E-state index in [2.05, 4.69) is 0 Å². The Hall–Kier alpha value is -2.09. The predicted molar refractivity (Wildman–Crippen MR) is 63.6 cm³/mol. The summed E-state index contributed by atoms with van der Waals surface area (Å²) in [5, 5.41) is 10.3. The number of methoxy groups -OCH3 is 1. The molecule has 8 heteroatoms. The SMILES string of the molecule is COc1ccsc1C(=O)N(CC(N)=O)CC(=O)O. The number of rotatable bonds is 6. The summed E-state index contributed by atoms with van der Waals surface area (Å²) in [4.78, 5) is 34.6. The number of aliphatic carboxylic acids is 1. The van der Waals surface area contributed by atoms with Crippen LogP contribution in [0.3, 0.4) is 0 Å². The monoisotopic (exact) mass is 272 g/mol. The van der Waals surface area contributed by atoms with Crippen molar-refractivity contribution in [3.8, 4) is 5.75 Å². The van der Waals surface area contributed by atoms with Gasteiger partial charge in [-0.15, -0.1) is 11.3 Å². The maximum atomic E-state index is 12.0. The van der Waals surface area contributed by atoms with Crippen LogP contribution in [0.4, 0.5) is 0 Å². The minimum atomic E-state index is -1.22. The van der Waals surface area contributed by atoms with E-state index in [0.717, 1.165) is 16.2 Å². The van der Waals surface area contributed by atoms with Crippen molar-refractivity contribution < 1.29 is 24.2 Å². The Morgan fingerprint density at radius 3 is 2.61 bits per heavy atom. The summed E-state index contributed by atoms with van der Waals surface area (Å²) >= 11 is 1.10. The Bertz CT molecular complexity index is 455. The van der Waals surface area contributed by atoms with Crippen LogP contribution in [0.15, 0.2) is 11.4 Å². The van der Waals surface area contributed by atoms with Gasteiger partial charge in [0.05, 0.1) is 7.11 Å². The lowest BCUT2D eigenvalue weighted by Gasteiger charge is -2.18. The minimum absolute atomic E-state index is 0.236.